The van der Waals surface area contributed by atoms with Gasteiger partial charge in [0.05, 0.1) is 11.7 Å². The van der Waals surface area contributed by atoms with Crippen molar-refractivity contribution >= 4 is 23.5 Å². The molecular formula is C16H13F3N2OS. The fourth-order valence-electron chi connectivity index (χ4n) is 2.44. The summed E-state index contributed by atoms with van der Waals surface area (Å²) in [7, 11) is 0. The summed E-state index contributed by atoms with van der Waals surface area (Å²) in [5.74, 6) is -1.22. The van der Waals surface area contributed by atoms with E-state index in [4.69, 9.17) is 0 Å². The highest BCUT2D eigenvalue weighted by molar-refractivity contribution is 7.99. The average Bonchev–Trinajstić information content (AvgIpc) is 2.51. The number of halogens is 3. The maximum atomic E-state index is 13.8. The molecule has 1 aliphatic heterocycles. The zero-order valence-electron chi connectivity index (χ0n) is 11.9. The Hall–Kier alpha value is -2.15. The molecule has 1 atom stereocenters. The molecule has 2 N–H and O–H groups in total. The van der Waals surface area contributed by atoms with E-state index in [0.717, 1.165) is 12.1 Å². The van der Waals surface area contributed by atoms with Crippen LogP contribution in [0.4, 0.5) is 23.7 Å². The molecule has 120 valence electrons. The van der Waals surface area contributed by atoms with Crippen molar-refractivity contribution < 1.29 is 18.0 Å². The van der Waals surface area contributed by atoms with Gasteiger partial charge in [0.25, 0.3) is 0 Å². The number of fused-ring (bicyclic) bond motifs is 1. The van der Waals surface area contributed by atoms with Gasteiger partial charge in [0.1, 0.15) is 17.5 Å². The van der Waals surface area contributed by atoms with E-state index >= 15 is 0 Å². The smallest absolute Gasteiger partial charge is 0.319 e. The molecule has 23 heavy (non-hydrogen) atoms. The molecule has 0 aromatic heterocycles. The van der Waals surface area contributed by atoms with Crippen LogP contribution in [0.3, 0.4) is 0 Å². The first-order valence-electron chi connectivity index (χ1n) is 6.98. The summed E-state index contributed by atoms with van der Waals surface area (Å²) in [5, 5.41) is 5.04. The first-order chi connectivity index (χ1) is 11.0. The molecule has 0 spiro atoms. The Labute approximate surface area is 135 Å². The third-order valence-corrected chi connectivity index (χ3v) is 4.67. The molecule has 2 amide bonds. The van der Waals surface area contributed by atoms with E-state index in [-0.39, 0.29) is 17.5 Å². The number of hydrogen-bond donors (Lipinski definition) is 2. The number of hydrogen-bond acceptors (Lipinski definition) is 2. The van der Waals surface area contributed by atoms with Crippen LogP contribution < -0.4 is 10.6 Å². The highest BCUT2D eigenvalue weighted by Gasteiger charge is 2.24. The van der Waals surface area contributed by atoms with Crippen LogP contribution >= 0.6 is 11.8 Å². The Morgan fingerprint density at radius 1 is 1.13 bits per heavy atom. The first-order valence-corrected chi connectivity index (χ1v) is 7.97. The van der Waals surface area contributed by atoms with E-state index in [1.165, 1.54) is 17.8 Å². The Balaban J connectivity index is 1.73. The summed E-state index contributed by atoms with van der Waals surface area (Å²) >= 11 is 1.41. The van der Waals surface area contributed by atoms with E-state index in [0.29, 0.717) is 28.7 Å². The molecule has 1 aliphatic rings. The molecule has 3 nitrogen and oxygen atoms in total. The minimum atomic E-state index is -0.856. The average molecular weight is 338 g/mol. The van der Waals surface area contributed by atoms with Gasteiger partial charge in [-0.1, -0.05) is 12.1 Å². The number of urea groups is 1. The largest absolute Gasteiger partial charge is 0.331 e. The molecule has 0 unspecified atom stereocenters. The molecule has 0 saturated heterocycles. The molecule has 0 fully saturated rings. The number of rotatable bonds is 2. The molecule has 0 bridgehead atoms. The molecular weight excluding hydrogens is 325 g/mol. The van der Waals surface area contributed by atoms with Gasteiger partial charge < -0.3 is 10.6 Å². The summed E-state index contributed by atoms with van der Waals surface area (Å²) in [6, 6.07) is 6.64. The maximum Gasteiger partial charge on any atom is 0.319 e. The van der Waals surface area contributed by atoms with Crippen molar-refractivity contribution in [2.24, 2.45) is 0 Å². The molecule has 1 heterocycles. The third kappa shape index (κ3) is 3.44. The van der Waals surface area contributed by atoms with E-state index in [1.54, 1.807) is 12.1 Å². The highest BCUT2D eigenvalue weighted by atomic mass is 32.2. The minimum absolute atomic E-state index is 0.117. The topological polar surface area (TPSA) is 41.1 Å². The third-order valence-electron chi connectivity index (χ3n) is 3.51. The lowest BCUT2D eigenvalue weighted by molar-refractivity contribution is 0.248. The Morgan fingerprint density at radius 2 is 1.96 bits per heavy atom. The fourth-order valence-corrected chi connectivity index (χ4v) is 3.58. The monoisotopic (exact) mass is 338 g/mol. The van der Waals surface area contributed by atoms with Crippen LogP contribution in [0, 0.1) is 17.5 Å². The molecule has 0 aliphatic carbocycles. The summed E-state index contributed by atoms with van der Waals surface area (Å²) in [5.41, 5.74) is 0.588. The summed E-state index contributed by atoms with van der Waals surface area (Å²) in [4.78, 5) is 12.6. The number of anilines is 1. The Bertz CT molecular complexity index is 754. The zero-order valence-corrected chi connectivity index (χ0v) is 12.7. The highest BCUT2D eigenvalue weighted by Crippen LogP contribution is 2.37. The number of amides is 2. The standard InChI is InChI=1S/C16H13F3N2OS/c17-9-4-5-14(12(19)8-9)21-16(22)20-13-6-7-23-15-10(13)2-1-3-11(15)18/h1-5,8,13H,6-7H2,(H2,20,21,22)/t13-/m1/s1. The van der Waals surface area contributed by atoms with Gasteiger partial charge in [0.2, 0.25) is 0 Å². The van der Waals surface area contributed by atoms with Gasteiger partial charge in [-0.05, 0) is 30.2 Å². The summed E-state index contributed by atoms with van der Waals surface area (Å²) in [6.45, 7) is 0. The van der Waals surface area contributed by atoms with Gasteiger partial charge in [-0.15, -0.1) is 11.8 Å². The Kier molecular flexibility index (Phi) is 4.47. The normalized spacial score (nSPS) is 16.6. The first kappa shape index (κ1) is 15.7. The van der Waals surface area contributed by atoms with Crippen molar-refractivity contribution in [3.05, 3.63) is 59.4 Å². The van der Waals surface area contributed by atoms with Gasteiger partial charge in [-0.3, -0.25) is 0 Å². The maximum absolute atomic E-state index is 13.8. The minimum Gasteiger partial charge on any atom is -0.331 e. The number of thioether (sulfide) groups is 1. The van der Waals surface area contributed by atoms with E-state index in [1.807, 2.05) is 0 Å². The van der Waals surface area contributed by atoms with Gasteiger partial charge in [-0.2, -0.15) is 0 Å². The molecule has 0 saturated carbocycles. The van der Waals surface area contributed by atoms with Crippen LogP contribution in [0.5, 0.6) is 0 Å². The second-order valence-corrected chi connectivity index (χ2v) is 6.18. The lowest BCUT2D eigenvalue weighted by Gasteiger charge is -2.26. The van der Waals surface area contributed by atoms with Crippen molar-refractivity contribution in [3.8, 4) is 0 Å². The van der Waals surface area contributed by atoms with Gasteiger partial charge in [0.15, 0.2) is 0 Å². The molecule has 7 heteroatoms. The molecule has 0 radical (unpaired) electrons. The van der Waals surface area contributed by atoms with Crippen LogP contribution in [-0.4, -0.2) is 11.8 Å². The van der Waals surface area contributed by atoms with Gasteiger partial charge >= 0.3 is 6.03 Å². The van der Waals surface area contributed by atoms with Crippen LogP contribution in [0.15, 0.2) is 41.3 Å². The predicted octanol–water partition coefficient (Wildman–Crippen LogP) is 4.46. The summed E-state index contributed by atoms with van der Waals surface area (Å²) < 4.78 is 40.2. The van der Waals surface area contributed by atoms with E-state index < -0.39 is 17.7 Å². The van der Waals surface area contributed by atoms with Crippen molar-refractivity contribution in [2.45, 2.75) is 17.4 Å². The predicted molar refractivity (Wildman–Crippen MR) is 83.0 cm³/mol. The van der Waals surface area contributed by atoms with Crippen LogP contribution in [-0.2, 0) is 0 Å². The van der Waals surface area contributed by atoms with Crippen molar-refractivity contribution in [2.75, 3.05) is 11.1 Å². The lowest BCUT2D eigenvalue weighted by atomic mass is 10.0. The van der Waals surface area contributed by atoms with Crippen molar-refractivity contribution in [1.82, 2.24) is 5.32 Å². The van der Waals surface area contributed by atoms with Crippen molar-refractivity contribution in [1.29, 1.82) is 0 Å². The van der Waals surface area contributed by atoms with E-state index in [9.17, 15) is 18.0 Å². The molecule has 2 aromatic carbocycles. The Morgan fingerprint density at radius 3 is 2.74 bits per heavy atom. The van der Waals surface area contributed by atoms with Gasteiger partial charge in [-0.25, -0.2) is 18.0 Å². The quantitative estimate of drug-likeness (QED) is 0.849. The lowest BCUT2D eigenvalue weighted by Crippen LogP contribution is -2.34. The SMILES string of the molecule is O=C(Nc1ccc(F)cc1F)N[C@@H]1CCSc2c(F)cccc21. The van der Waals surface area contributed by atoms with E-state index in [2.05, 4.69) is 10.6 Å². The molecule has 3 rings (SSSR count). The number of nitrogens with one attached hydrogen (secondary N) is 2. The zero-order chi connectivity index (χ0) is 16.4. The molecule has 2 aromatic rings. The number of benzene rings is 2. The van der Waals surface area contributed by atoms with Crippen LogP contribution in [0.1, 0.15) is 18.0 Å². The second kappa shape index (κ2) is 6.54. The van der Waals surface area contributed by atoms with Crippen LogP contribution in [0.25, 0.3) is 0 Å². The van der Waals surface area contributed by atoms with Crippen molar-refractivity contribution in [3.63, 3.8) is 0 Å². The fraction of sp³-hybridized carbons (Fsp3) is 0.188. The summed E-state index contributed by atoms with van der Waals surface area (Å²) in [6.07, 6.45) is 0.639. The second-order valence-electron chi connectivity index (χ2n) is 5.07. The number of carbonyl (C=O) groups is 1. The number of carbonyl (C=O) groups excluding carboxylic acids is 1. The van der Waals surface area contributed by atoms with Gasteiger partial charge in [0, 0.05) is 16.7 Å². The van der Waals surface area contributed by atoms with Crippen LogP contribution in [0.2, 0.25) is 0 Å².